The lowest BCUT2D eigenvalue weighted by molar-refractivity contribution is -0.137. The van der Waals surface area contributed by atoms with Gasteiger partial charge in [-0.15, -0.1) is 0 Å². The number of nitrogens with one attached hydrogen (secondary N) is 1. The standard InChI is InChI=1S/C28H32F3N3O3/c1-19-6-5-7-22(18-19)25(35)32-24(27(37)33-14-3-2-4-15-33)20-12-16-34(17-13-20)26(36)21-8-10-23(11-9-21)28(29,30)31/h5-11,18,20,24H,2-4,12-17H2,1H3,(H,32,35)/t24-/m0/s1. The molecule has 0 spiro atoms. The summed E-state index contributed by atoms with van der Waals surface area (Å²) in [6.07, 6.45) is -0.503. The molecule has 0 unspecified atom stereocenters. The highest BCUT2D eigenvalue weighted by atomic mass is 19.4. The summed E-state index contributed by atoms with van der Waals surface area (Å²) in [5.74, 6) is -0.884. The van der Waals surface area contributed by atoms with Crippen LogP contribution in [0.3, 0.4) is 0 Å². The predicted octanol–water partition coefficient (Wildman–Crippen LogP) is 4.68. The molecule has 2 heterocycles. The van der Waals surface area contributed by atoms with Crippen LogP contribution in [0.15, 0.2) is 48.5 Å². The number of piperidine rings is 2. The Kier molecular flexibility index (Phi) is 8.19. The fraction of sp³-hybridized carbons (Fsp3) is 0.464. The fourth-order valence-corrected chi connectivity index (χ4v) is 5.12. The van der Waals surface area contributed by atoms with Gasteiger partial charge in [0.05, 0.1) is 5.56 Å². The first-order chi connectivity index (χ1) is 17.6. The van der Waals surface area contributed by atoms with Gasteiger partial charge < -0.3 is 15.1 Å². The van der Waals surface area contributed by atoms with Gasteiger partial charge in [0.15, 0.2) is 0 Å². The van der Waals surface area contributed by atoms with E-state index in [2.05, 4.69) is 5.32 Å². The molecule has 9 heteroatoms. The van der Waals surface area contributed by atoms with Gasteiger partial charge in [0, 0.05) is 37.3 Å². The SMILES string of the molecule is Cc1cccc(C(=O)N[C@H](C(=O)N2CCCCC2)C2CCN(C(=O)c3ccc(C(F)(F)F)cc3)CC2)c1. The highest BCUT2D eigenvalue weighted by Gasteiger charge is 2.37. The Hall–Kier alpha value is -3.36. The Morgan fingerprint density at radius 2 is 1.51 bits per heavy atom. The number of rotatable bonds is 5. The van der Waals surface area contributed by atoms with Crippen molar-refractivity contribution in [1.29, 1.82) is 0 Å². The maximum Gasteiger partial charge on any atom is 0.416 e. The van der Waals surface area contributed by atoms with E-state index in [4.69, 9.17) is 0 Å². The van der Waals surface area contributed by atoms with Crippen LogP contribution >= 0.6 is 0 Å². The molecule has 0 saturated carbocycles. The maximum absolute atomic E-state index is 13.5. The second-order valence-electron chi connectivity index (χ2n) is 9.91. The summed E-state index contributed by atoms with van der Waals surface area (Å²) in [6, 6.07) is 10.7. The van der Waals surface area contributed by atoms with Crippen molar-refractivity contribution in [2.24, 2.45) is 5.92 Å². The lowest BCUT2D eigenvalue weighted by atomic mass is 9.87. The van der Waals surface area contributed by atoms with Gasteiger partial charge in [0.1, 0.15) is 6.04 Å². The van der Waals surface area contributed by atoms with Crippen LogP contribution in [0.5, 0.6) is 0 Å². The molecule has 1 atom stereocenters. The molecule has 2 fully saturated rings. The van der Waals surface area contributed by atoms with Crippen molar-refractivity contribution in [1.82, 2.24) is 15.1 Å². The first kappa shape index (κ1) is 26.7. The van der Waals surface area contributed by atoms with Crippen molar-refractivity contribution in [2.45, 2.75) is 51.2 Å². The van der Waals surface area contributed by atoms with Crippen molar-refractivity contribution in [3.05, 3.63) is 70.8 Å². The van der Waals surface area contributed by atoms with Gasteiger partial charge in [0.25, 0.3) is 11.8 Å². The van der Waals surface area contributed by atoms with Crippen molar-refractivity contribution in [3.63, 3.8) is 0 Å². The fourth-order valence-electron chi connectivity index (χ4n) is 5.12. The first-order valence-corrected chi connectivity index (χ1v) is 12.8. The van der Waals surface area contributed by atoms with Crippen molar-refractivity contribution >= 4 is 17.7 Å². The molecule has 2 aliphatic heterocycles. The topological polar surface area (TPSA) is 69.7 Å². The first-order valence-electron chi connectivity index (χ1n) is 12.8. The molecule has 198 valence electrons. The van der Waals surface area contributed by atoms with Gasteiger partial charge >= 0.3 is 6.18 Å². The van der Waals surface area contributed by atoms with E-state index in [-0.39, 0.29) is 29.2 Å². The largest absolute Gasteiger partial charge is 0.416 e. The monoisotopic (exact) mass is 515 g/mol. The predicted molar refractivity (Wildman–Crippen MR) is 133 cm³/mol. The average molecular weight is 516 g/mol. The Labute approximate surface area is 214 Å². The lowest BCUT2D eigenvalue weighted by Gasteiger charge is -2.38. The van der Waals surface area contributed by atoms with Gasteiger partial charge in [-0.3, -0.25) is 14.4 Å². The molecule has 2 saturated heterocycles. The van der Waals surface area contributed by atoms with Crippen LogP contribution in [0.25, 0.3) is 0 Å². The Balaban J connectivity index is 1.45. The highest BCUT2D eigenvalue weighted by Crippen LogP contribution is 2.30. The normalized spacial score (nSPS) is 17.8. The summed E-state index contributed by atoms with van der Waals surface area (Å²) < 4.78 is 38.6. The van der Waals surface area contributed by atoms with E-state index in [0.717, 1.165) is 37.0 Å². The molecule has 0 bridgehead atoms. The number of amides is 3. The molecular weight excluding hydrogens is 483 g/mol. The molecule has 0 aromatic heterocycles. The highest BCUT2D eigenvalue weighted by molar-refractivity contribution is 5.98. The number of carbonyl (C=O) groups is 3. The van der Waals surface area contributed by atoms with Crippen LogP contribution < -0.4 is 5.32 Å². The zero-order valence-electron chi connectivity index (χ0n) is 20.9. The van der Waals surface area contributed by atoms with E-state index in [0.29, 0.717) is 44.6 Å². The molecule has 2 aromatic carbocycles. The Morgan fingerprint density at radius 1 is 0.865 bits per heavy atom. The molecule has 2 aliphatic rings. The van der Waals surface area contributed by atoms with Crippen molar-refractivity contribution in [3.8, 4) is 0 Å². The minimum Gasteiger partial charge on any atom is -0.341 e. The Morgan fingerprint density at radius 3 is 2.11 bits per heavy atom. The van der Waals surface area contributed by atoms with Gasteiger partial charge in [-0.2, -0.15) is 13.2 Å². The number of alkyl halides is 3. The third kappa shape index (κ3) is 6.50. The van der Waals surface area contributed by atoms with Crippen LogP contribution in [0.1, 0.15) is 63.9 Å². The van der Waals surface area contributed by atoms with E-state index in [1.807, 2.05) is 17.9 Å². The number of hydrogen-bond donors (Lipinski definition) is 1. The number of benzene rings is 2. The van der Waals surface area contributed by atoms with Gasteiger partial charge in [-0.25, -0.2) is 0 Å². The quantitative estimate of drug-likeness (QED) is 0.629. The second kappa shape index (κ2) is 11.4. The van der Waals surface area contributed by atoms with E-state index in [1.165, 1.54) is 12.1 Å². The zero-order chi connectivity index (χ0) is 26.6. The number of carbonyl (C=O) groups excluding carboxylic acids is 3. The molecular formula is C28H32F3N3O3. The van der Waals surface area contributed by atoms with Crippen molar-refractivity contribution < 1.29 is 27.6 Å². The van der Waals surface area contributed by atoms with Crippen molar-refractivity contribution in [2.75, 3.05) is 26.2 Å². The number of likely N-dealkylation sites (tertiary alicyclic amines) is 2. The smallest absolute Gasteiger partial charge is 0.341 e. The molecule has 3 amide bonds. The number of nitrogens with zero attached hydrogens (tertiary/aromatic N) is 2. The van der Waals surface area contributed by atoms with Gasteiger partial charge in [-0.05, 0) is 81.3 Å². The third-order valence-corrected chi connectivity index (χ3v) is 7.26. The zero-order valence-corrected chi connectivity index (χ0v) is 20.9. The van der Waals surface area contributed by atoms with Gasteiger partial charge in [0.2, 0.25) is 5.91 Å². The number of halogens is 3. The minimum atomic E-state index is -4.46. The van der Waals surface area contributed by atoms with Gasteiger partial charge in [-0.1, -0.05) is 17.7 Å². The summed E-state index contributed by atoms with van der Waals surface area (Å²) >= 11 is 0. The summed E-state index contributed by atoms with van der Waals surface area (Å²) in [4.78, 5) is 42.9. The van der Waals surface area contributed by atoms with E-state index in [1.54, 1.807) is 23.1 Å². The van der Waals surface area contributed by atoms with Crippen LogP contribution in [-0.4, -0.2) is 59.7 Å². The van der Waals surface area contributed by atoms with Crippen LogP contribution in [0.4, 0.5) is 13.2 Å². The van der Waals surface area contributed by atoms with E-state index >= 15 is 0 Å². The van der Waals surface area contributed by atoms with E-state index in [9.17, 15) is 27.6 Å². The summed E-state index contributed by atoms with van der Waals surface area (Å²) in [6.45, 7) is 3.95. The van der Waals surface area contributed by atoms with Crippen LogP contribution in [0.2, 0.25) is 0 Å². The summed E-state index contributed by atoms with van der Waals surface area (Å²) in [5, 5.41) is 2.98. The molecule has 4 rings (SSSR count). The van der Waals surface area contributed by atoms with E-state index < -0.39 is 17.8 Å². The van der Waals surface area contributed by atoms with Crippen LogP contribution in [-0.2, 0) is 11.0 Å². The minimum absolute atomic E-state index is 0.0896. The molecule has 0 radical (unpaired) electrons. The van der Waals surface area contributed by atoms with Crippen LogP contribution in [0, 0.1) is 12.8 Å². The molecule has 0 aliphatic carbocycles. The molecule has 37 heavy (non-hydrogen) atoms. The molecule has 1 N–H and O–H groups in total. The maximum atomic E-state index is 13.5. The number of hydrogen-bond acceptors (Lipinski definition) is 3. The summed E-state index contributed by atoms with van der Waals surface area (Å²) in [7, 11) is 0. The lowest BCUT2D eigenvalue weighted by Crippen LogP contribution is -2.55. The summed E-state index contributed by atoms with van der Waals surface area (Å²) in [5.41, 5.74) is 0.833. The Bertz CT molecular complexity index is 1120. The third-order valence-electron chi connectivity index (χ3n) is 7.26. The molecule has 6 nitrogen and oxygen atoms in total. The average Bonchev–Trinajstić information content (AvgIpc) is 2.91. The molecule has 2 aromatic rings. The second-order valence-corrected chi connectivity index (χ2v) is 9.91. The number of aryl methyl sites for hydroxylation is 1.